The predicted octanol–water partition coefficient (Wildman–Crippen LogP) is 2.03. The summed E-state index contributed by atoms with van der Waals surface area (Å²) < 4.78 is 1.43. The molecule has 1 amide bonds. The minimum Gasteiger partial charge on any atom is -0.306 e. The van der Waals surface area contributed by atoms with Gasteiger partial charge in [0.15, 0.2) is 0 Å². The number of aromatic nitrogens is 3. The van der Waals surface area contributed by atoms with Crippen molar-refractivity contribution in [2.24, 2.45) is 7.05 Å². The second kappa shape index (κ2) is 4.55. The van der Waals surface area contributed by atoms with E-state index in [0.717, 1.165) is 5.69 Å². The van der Waals surface area contributed by atoms with Crippen LogP contribution in [0.4, 0.5) is 5.82 Å². The Balaban J connectivity index is 2.20. The van der Waals surface area contributed by atoms with Crippen LogP contribution in [-0.4, -0.2) is 20.7 Å². The number of pyridine rings is 1. The van der Waals surface area contributed by atoms with Crippen molar-refractivity contribution < 1.29 is 4.79 Å². The van der Waals surface area contributed by atoms with E-state index in [1.165, 1.54) is 10.9 Å². The van der Waals surface area contributed by atoms with Crippen LogP contribution in [0, 0.1) is 6.92 Å². The Morgan fingerprint density at radius 3 is 2.82 bits per heavy atom. The van der Waals surface area contributed by atoms with Crippen LogP contribution >= 0.6 is 11.6 Å². The molecule has 0 saturated heterocycles. The first-order chi connectivity index (χ1) is 8.08. The fourth-order valence-corrected chi connectivity index (χ4v) is 1.55. The summed E-state index contributed by atoms with van der Waals surface area (Å²) in [4.78, 5) is 16.0. The highest BCUT2D eigenvalue weighted by atomic mass is 35.5. The molecule has 2 rings (SSSR count). The van der Waals surface area contributed by atoms with Crippen molar-refractivity contribution in [3.63, 3.8) is 0 Å². The quantitative estimate of drug-likeness (QED) is 0.887. The van der Waals surface area contributed by atoms with Crippen LogP contribution in [0.15, 0.2) is 24.4 Å². The maximum Gasteiger partial charge on any atom is 0.261 e. The molecule has 0 radical (unpaired) electrons. The molecule has 0 saturated carbocycles. The Morgan fingerprint density at radius 2 is 2.24 bits per heavy atom. The molecule has 1 N–H and O–H groups in total. The van der Waals surface area contributed by atoms with E-state index < -0.39 is 0 Å². The molecule has 17 heavy (non-hydrogen) atoms. The minimum absolute atomic E-state index is 0.301. The average Bonchev–Trinajstić information content (AvgIpc) is 2.60. The molecule has 88 valence electrons. The lowest BCUT2D eigenvalue weighted by molar-refractivity contribution is 0.102. The number of aryl methyl sites for hydroxylation is 2. The van der Waals surface area contributed by atoms with Gasteiger partial charge in [0.25, 0.3) is 5.91 Å². The van der Waals surface area contributed by atoms with Crippen LogP contribution in [0.3, 0.4) is 0 Å². The van der Waals surface area contributed by atoms with Gasteiger partial charge in [0.05, 0.1) is 11.8 Å². The molecule has 0 aliphatic heterocycles. The number of rotatable bonds is 2. The molecule has 0 aliphatic carbocycles. The van der Waals surface area contributed by atoms with E-state index in [-0.39, 0.29) is 5.91 Å². The molecule has 6 heteroatoms. The second-order valence-electron chi connectivity index (χ2n) is 3.59. The Kier molecular flexibility index (Phi) is 3.10. The molecular formula is C11H11ClN4O. The SMILES string of the molecule is Cc1cccc(NC(=O)c2cnn(C)c2Cl)n1. The molecule has 5 nitrogen and oxygen atoms in total. The minimum atomic E-state index is -0.318. The number of hydrogen-bond acceptors (Lipinski definition) is 3. The van der Waals surface area contributed by atoms with Crippen molar-refractivity contribution in [3.05, 3.63) is 40.8 Å². The highest BCUT2D eigenvalue weighted by Gasteiger charge is 2.14. The number of carbonyl (C=O) groups is 1. The lowest BCUT2D eigenvalue weighted by Crippen LogP contribution is -2.13. The Hall–Kier alpha value is -1.88. The van der Waals surface area contributed by atoms with E-state index in [4.69, 9.17) is 11.6 Å². The molecule has 0 atom stereocenters. The average molecular weight is 251 g/mol. The zero-order chi connectivity index (χ0) is 12.4. The standard InChI is InChI=1S/C11H11ClN4O/c1-7-4-3-5-9(14-7)15-11(17)8-6-13-16(2)10(8)12/h3-6H,1-2H3,(H,14,15,17). The third-order valence-corrected chi connectivity index (χ3v) is 2.69. The van der Waals surface area contributed by atoms with Gasteiger partial charge < -0.3 is 5.32 Å². The van der Waals surface area contributed by atoms with Gasteiger partial charge in [-0.15, -0.1) is 0 Å². The van der Waals surface area contributed by atoms with Crippen LogP contribution < -0.4 is 5.32 Å². The fourth-order valence-electron chi connectivity index (χ4n) is 1.37. The van der Waals surface area contributed by atoms with Crippen LogP contribution in [0.25, 0.3) is 0 Å². The third kappa shape index (κ3) is 2.45. The summed E-state index contributed by atoms with van der Waals surface area (Å²) in [5.41, 5.74) is 1.16. The van der Waals surface area contributed by atoms with E-state index in [9.17, 15) is 4.79 Å². The number of nitrogens with zero attached hydrogens (tertiary/aromatic N) is 3. The van der Waals surface area contributed by atoms with Gasteiger partial charge in [-0.3, -0.25) is 9.48 Å². The van der Waals surface area contributed by atoms with Crippen molar-refractivity contribution in [2.75, 3.05) is 5.32 Å². The molecular weight excluding hydrogens is 240 g/mol. The first kappa shape index (κ1) is 11.6. The molecule has 0 spiro atoms. The van der Waals surface area contributed by atoms with Gasteiger partial charge in [-0.05, 0) is 19.1 Å². The zero-order valence-corrected chi connectivity index (χ0v) is 10.2. The lowest BCUT2D eigenvalue weighted by Gasteiger charge is -2.03. The summed E-state index contributed by atoms with van der Waals surface area (Å²) in [6.07, 6.45) is 1.42. The van der Waals surface area contributed by atoms with E-state index >= 15 is 0 Å². The first-order valence-corrected chi connectivity index (χ1v) is 5.38. The predicted molar refractivity (Wildman–Crippen MR) is 65.1 cm³/mol. The number of carbonyl (C=O) groups excluding carboxylic acids is 1. The highest BCUT2D eigenvalue weighted by molar-refractivity contribution is 6.33. The van der Waals surface area contributed by atoms with E-state index in [0.29, 0.717) is 16.5 Å². The van der Waals surface area contributed by atoms with Crippen molar-refractivity contribution in [1.82, 2.24) is 14.8 Å². The second-order valence-corrected chi connectivity index (χ2v) is 3.95. The van der Waals surface area contributed by atoms with E-state index in [1.807, 2.05) is 19.1 Å². The summed E-state index contributed by atoms with van der Waals surface area (Å²) in [6, 6.07) is 5.39. The van der Waals surface area contributed by atoms with Gasteiger partial charge >= 0.3 is 0 Å². The Morgan fingerprint density at radius 1 is 1.47 bits per heavy atom. The maximum absolute atomic E-state index is 11.9. The van der Waals surface area contributed by atoms with Crippen LogP contribution in [0.1, 0.15) is 16.1 Å². The molecule has 0 fully saturated rings. The third-order valence-electron chi connectivity index (χ3n) is 2.24. The smallest absolute Gasteiger partial charge is 0.261 e. The number of nitrogens with one attached hydrogen (secondary N) is 1. The number of halogens is 1. The zero-order valence-electron chi connectivity index (χ0n) is 9.44. The molecule has 2 aromatic rings. The van der Waals surface area contributed by atoms with E-state index in [2.05, 4.69) is 15.4 Å². The highest BCUT2D eigenvalue weighted by Crippen LogP contribution is 2.15. The monoisotopic (exact) mass is 250 g/mol. The topological polar surface area (TPSA) is 59.8 Å². The van der Waals surface area contributed by atoms with Gasteiger partial charge in [0.1, 0.15) is 11.0 Å². The summed E-state index contributed by atoms with van der Waals surface area (Å²) >= 11 is 5.92. The largest absolute Gasteiger partial charge is 0.306 e. The molecule has 2 heterocycles. The summed E-state index contributed by atoms with van der Waals surface area (Å²) in [7, 11) is 1.67. The first-order valence-electron chi connectivity index (χ1n) is 5.00. The van der Waals surface area contributed by atoms with Crippen molar-refractivity contribution in [1.29, 1.82) is 0 Å². The van der Waals surface area contributed by atoms with Crippen molar-refractivity contribution >= 4 is 23.3 Å². The lowest BCUT2D eigenvalue weighted by atomic mass is 10.3. The summed E-state index contributed by atoms with van der Waals surface area (Å²) in [6.45, 7) is 1.85. The van der Waals surface area contributed by atoms with Crippen molar-refractivity contribution in [3.8, 4) is 0 Å². The maximum atomic E-state index is 11.9. The van der Waals surface area contributed by atoms with Crippen molar-refractivity contribution in [2.45, 2.75) is 6.92 Å². The number of hydrogen-bond donors (Lipinski definition) is 1. The molecule has 0 aliphatic rings. The molecule has 0 aromatic carbocycles. The van der Waals surface area contributed by atoms with E-state index in [1.54, 1.807) is 13.1 Å². The normalized spacial score (nSPS) is 10.3. The van der Waals surface area contributed by atoms with Gasteiger partial charge in [-0.25, -0.2) is 4.98 Å². The number of anilines is 1. The molecule has 0 bridgehead atoms. The molecule has 0 unspecified atom stereocenters. The summed E-state index contributed by atoms with van der Waals surface area (Å²) in [5.74, 6) is 0.177. The fraction of sp³-hybridized carbons (Fsp3) is 0.182. The summed E-state index contributed by atoms with van der Waals surface area (Å²) in [5, 5.41) is 6.87. The molecule has 2 aromatic heterocycles. The van der Waals surface area contributed by atoms with Crippen LogP contribution in [0.5, 0.6) is 0 Å². The van der Waals surface area contributed by atoms with Gasteiger partial charge in [0.2, 0.25) is 0 Å². The van der Waals surface area contributed by atoms with Gasteiger partial charge in [-0.1, -0.05) is 17.7 Å². The van der Waals surface area contributed by atoms with Crippen LogP contribution in [-0.2, 0) is 7.05 Å². The Bertz CT molecular complexity index is 564. The number of amides is 1. The van der Waals surface area contributed by atoms with Crippen LogP contribution in [0.2, 0.25) is 5.15 Å². The van der Waals surface area contributed by atoms with Gasteiger partial charge in [-0.2, -0.15) is 5.10 Å². The van der Waals surface area contributed by atoms with Gasteiger partial charge in [0, 0.05) is 12.7 Å². The Labute approximate surface area is 103 Å².